The lowest BCUT2D eigenvalue weighted by Gasteiger charge is -2.41. The Hall–Kier alpha value is -2.68. The van der Waals surface area contributed by atoms with Crippen LogP contribution in [-0.2, 0) is 15.6 Å². The molecule has 0 spiro atoms. The van der Waals surface area contributed by atoms with Crippen molar-refractivity contribution in [2.24, 2.45) is 0 Å². The Kier molecular flexibility index (Phi) is 7.94. The van der Waals surface area contributed by atoms with Crippen LogP contribution in [0, 0.1) is 0 Å². The van der Waals surface area contributed by atoms with E-state index in [0.717, 1.165) is 16.7 Å². The largest absolute Gasteiger partial charge is 0.288 e. The third-order valence-corrected chi connectivity index (χ3v) is 7.62. The minimum Gasteiger partial charge on any atom is -0.288 e. The van der Waals surface area contributed by atoms with Gasteiger partial charge in [-0.25, -0.2) is 13.8 Å². The number of halogens is 2. The zero-order chi connectivity index (χ0) is 25.0. The van der Waals surface area contributed by atoms with Gasteiger partial charge in [0, 0.05) is 41.2 Å². The fraction of sp³-hybridized carbons (Fsp3) is 0.192. The highest BCUT2D eigenvalue weighted by Crippen LogP contribution is 2.35. The summed E-state index contributed by atoms with van der Waals surface area (Å²) in [4.78, 5) is 14.2. The second kappa shape index (κ2) is 10.9. The number of nitrogens with zero attached hydrogens (tertiary/aromatic N) is 1. The summed E-state index contributed by atoms with van der Waals surface area (Å²) in [6.07, 6.45) is 0. The summed E-state index contributed by atoms with van der Waals surface area (Å²) in [6, 6.07) is 21.9. The smallest absolute Gasteiger partial charge is 0.265 e. The molecule has 6 nitrogen and oxygen atoms in total. The van der Waals surface area contributed by atoms with Gasteiger partial charge in [-0.3, -0.25) is 15.1 Å². The quantitative estimate of drug-likeness (QED) is 0.411. The first-order valence-electron chi connectivity index (χ1n) is 11.0. The molecule has 3 aromatic carbocycles. The molecule has 0 unspecified atom stereocenters. The van der Waals surface area contributed by atoms with Gasteiger partial charge >= 0.3 is 0 Å². The molecule has 3 aromatic rings. The van der Waals surface area contributed by atoms with Gasteiger partial charge in [0.25, 0.3) is 5.91 Å². The zero-order valence-corrected chi connectivity index (χ0v) is 21.4. The van der Waals surface area contributed by atoms with E-state index in [1.165, 1.54) is 5.41 Å². The Morgan fingerprint density at radius 2 is 1.54 bits per heavy atom. The van der Waals surface area contributed by atoms with Crippen molar-refractivity contribution >= 4 is 38.9 Å². The molecule has 182 valence electrons. The van der Waals surface area contributed by atoms with Gasteiger partial charge in [0.15, 0.2) is 9.84 Å². The number of benzene rings is 3. The summed E-state index contributed by atoms with van der Waals surface area (Å²) in [5, 5.41) is 2.68. The van der Waals surface area contributed by atoms with Crippen LogP contribution in [0.15, 0.2) is 83.8 Å². The topological polar surface area (TPSA) is 78.5 Å². The van der Waals surface area contributed by atoms with Gasteiger partial charge in [-0.2, -0.15) is 0 Å². The SMILES string of the molecule is CNNC(=O)c1cccc(CS(=O)(=O)C=C2CN(C(c3ccc(Cl)cc3)c3ccc(Cl)cc3)C2)c1. The van der Waals surface area contributed by atoms with Crippen LogP contribution in [0.2, 0.25) is 10.0 Å². The minimum atomic E-state index is -3.51. The molecule has 9 heteroatoms. The van der Waals surface area contributed by atoms with Crippen molar-refractivity contribution in [2.75, 3.05) is 20.1 Å². The molecule has 0 bridgehead atoms. The predicted molar refractivity (Wildman–Crippen MR) is 140 cm³/mol. The van der Waals surface area contributed by atoms with Gasteiger partial charge in [0.05, 0.1) is 11.8 Å². The Morgan fingerprint density at radius 1 is 0.971 bits per heavy atom. The lowest BCUT2D eigenvalue weighted by molar-refractivity contribution is 0.0938. The number of hydrazine groups is 1. The van der Waals surface area contributed by atoms with Crippen molar-refractivity contribution in [1.29, 1.82) is 0 Å². The van der Waals surface area contributed by atoms with E-state index in [2.05, 4.69) is 15.8 Å². The Labute approximate surface area is 215 Å². The van der Waals surface area contributed by atoms with Gasteiger partial charge < -0.3 is 0 Å². The summed E-state index contributed by atoms with van der Waals surface area (Å²) in [7, 11) is -1.92. The molecule has 2 N–H and O–H groups in total. The van der Waals surface area contributed by atoms with Gasteiger partial charge in [0.1, 0.15) is 0 Å². The highest BCUT2D eigenvalue weighted by atomic mass is 35.5. The van der Waals surface area contributed by atoms with Gasteiger partial charge in [-0.15, -0.1) is 0 Å². The number of carbonyl (C=O) groups is 1. The van der Waals surface area contributed by atoms with Crippen molar-refractivity contribution in [3.05, 3.63) is 116 Å². The van der Waals surface area contributed by atoms with Crippen molar-refractivity contribution in [2.45, 2.75) is 11.8 Å². The molecule has 0 radical (unpaired) electrons. The molecule has 35 heavy (non-hydrogen) atoms. The first-order valence-corrected chi connectivity index (χ1v) is 13.4. The van der Waals surface area contributed by atoms with Gasteiger partial charge in [0.2, 0.25) is 0 Å². The van der Waals surface area contributed by atoms with E-state index in [9.17, 15) is 13.2 Å². The second-order valence-electron chi connectivity index (χ2n) is 8.40. The predicted octanol–water partition coefficient (Wildman–Crippen LogP) is 4.76. The number of sulfone groups is 1. The number of carbonyl (C=O) groups excluding carboxylic acids is 1. The number of hydrogen-bond acceptors (Lipinski definition) is 5. The van der Waals surface area contributed by atoms with E-state index in [-0.39, 0.29) is 17.7 Å². The Balaban J connectivity index is 1.49. The van der Waals surface area contributed by atoms with Crippen molar-refractivity contribution in [3.63, 3.8) is 0 Å². The normalized spacial score (nSPS) is 14.0. The number of likely N-dealkylation sites (tertiary alicyclic amines) is 1. The van der Waals surface area contributed by atoms with Crippen LogP contribution in [0.25, 0.3) is 0 Å². The minimum absolute atomic E-state index is 0.0493. The molecule has 4 rings (SSSR count). The van der Waals surface area contributed by atoms with Crippen LogP contribution in [0.5, 0.6) is 0 Å². The monoisotopic (exact) mass is 529 g/mol. The van der Waals surface area contributed by atoms with Crippen molar-refractivity contribution < 1.29 is 13.2 Å². The second-order valence-corrected chi connectivity index (χ2v) is 11.1. The number of hydrogen-bond donors (Lipinski definition) is 2. The lowest BCUT2D eigenvalue weighted by atomic mass is 9.93. The van der Waals surface area contributed by atoms with Crippen LogP contribution >= 0.6 is 23.2 Å². The van der Waals surface area contributed by atoms with E-state index >= 15 is 0 Å². The number of amides is 1. The number of nitrogens with one attached hydrogen (secondary N) is 2. The van der Waals surface area contributed by atoms with E-state index in [0.29, 0.717) is 34.3 Å². The average Bonchev–Trinajstić information content (AvgIpc) is 2.80. The average molecular weight is 530 g/mol. The van der Waals surface area contributed by atoms with E-state index < -0.39 is 9.84 Å². The van der Waals surface area contributed by atoms with E-state index in [4.69, 9.17) is 23.2 Å². The van der Waals surface area contributed by atoms with Gasteiger partial charge in [-0.1, -0.05) is 59.6 Å². The maximum Gasteiger partial charge on any atom is 0.265 e. The van der Waals surface area contributed by atoms with Crippen molar-refractivity contribution in [3.8, 4) is 0 Å². The number of rotatable bonds is 8. The van der Waals surface area contributed by atoms with E-state index in [1.807, 2.05) is 48.5 Å². The van der Waals surface area contributed by atoms with Crippen LogP contribution in [0.3, 0.4) is 0 Å². The molecular formula is C26H25Cl2N3O3S. The molecule has 1 heterocycles. The summed E-state index contributed by atoms with van der Waals surface area (Å²) in [6.45, 7) is 1.06. The molecule has 1 fully saturated rings. The lowest BCUT2D eigenvalue weighted by Crippen LogP contribution is -2.43. The first kappa shape index (κ1) is 25.4. The summed E-state index contributed by atoms with van der Waals surface area (Å²) >= 11 is 12.2. The summed E-state index contributed by atoms with van der Waals surface area (Å²) < 4.78 is 25.7. The highest BCUT2D eigenvalue weighted by Gasteiger charge is 2.31. The maximum absolute atomic E-state index is 12.9. The van der Waals surface area contributed by atoms with Crippen LogP contribution in [0.1, 0.15) is 33.1 Å². The standard InChI is InChI=1S/C26H25Cl2N3O3S/c1-29-30-26(32)22-4-2-3-18(13-22)16-35(33,34)17-19-14-31(15-19)25(20-5-9-23(27)10-6-20)21-7-11-24(28)12-8-21/h2-13,17,25,29H,14-16H2,1H3,(H,30,32). The molecule has 1 aliphatic heterocycles. The third-order valence-electron chi connectivity index (χ3n) is 5.69. The first-order chi connectivity index (χ1) is 16.7. The highest BCUT2D eigenvalue weighted by molar-refractivity contribution is 7.93. The fourth-order valence-electron chi connectivity index (χ4n) is 4.15. The third kappa shape index (κ3) is 6.51. The Morgan fingerprint density at radius 3 is 2.09 bits per heavy atom. The van der Waals surface area contributed by atoms with E-state index in [1.54, 1.807) is 31.3 Å². The van der Waals surface area contributed by atoms with Gasteiger partial charge in [-0.05, 0) is 58.7 Å². The van der Waals surface area contributed by atoms with Crippen LogP contribution in [0.4, 0.5) is 0 Å². The fourth-order valence-corrected chi connectivity index (χ4v) is 5.79. The van der Waals surface area contributed by atoms with Crippen LogP contribution < -0.4 is 10.9 Å². The molecule has 1 aliphatic rings. The molecule has 1 amide bonds. The maximum atomic E-state index is 12.9. The molecular weight excluding hydrogens is 505 g/mol. The Bertz CT molecular complexity index is 1290. The molecule has 0 atom stereocenters. The molecule has 0 saturated carbocycles. The molecule has 0 aliphatic carbocycles. The van der Waals surface area contributed by atoms with Crippen LogP contribution in [-0.4, -0.2) is 39.4 Å². The molecule has 0 aromatic heterocycles. The molecule has 1 saturated heterocycles. The summed E-state index contributed by atoms with van der Waals surface area (Å²) in [5.41, 5.74) is 8.97. The van der Waals surface area contributed by atoms with Crippen molar-refractivity contribution in [1.82, 2.24) is 15.8 Å². The zero-order valence-electron chi connectivity index (χ0n) is 19.0. The summed E-state index contributed by atoms with van der Waals surface area (Å²) in [5.74, 6) is -0.496.